The van der Waals surface area contributed by atoms with Crippen LogP contribution in [0.4, 0.5) is 5.69 Å². The summed E-state index contributed by atoms with van der Waals surface area (Å²) in [6.45, 7) is 0.837. The number of nitrogens with one attached hydrogen (secondary N) is 1. The summed E-state index contributed by atoms with van der Waals surface area (Å²) in [4.78, 5) is 5.34. The summed E-state index contributed by atoms with van der Waals surface area (Å²) in [5.41, 5.74) is 1.05. The molecule has 0 atom stereocenters. The lowest BCUT2D eigenvalue weighted by molar-refractivity contribution is 1.17. The molecule has 0 saturated heterocycles. The van der Waals surface area contributed by atoms with Crippen LogP contribution in [0, 0.1) is 0 Å². The summed E-state index contributed by atoms with van der Waals surface area (Å²) in [6.07, 6.45) is 3.59. The minimum atomic E-state index is 0.837. The Morgan fingerprint density at radius 1 is 1.43 bits per heavy atom. The third kappa shape index (κ3) is 2.33. The van der Waals surface area contributed by atoms with Crippen molar-refractivity contribution in [3.63, 3.8) is 0 Å². The zero-order valence-electron chi connectivity index (χ0n) is 7.40. The number of thiophene rings is 1. The number of pyridine rings is 1. The molecule has 0 aliphatic rings. The van der Waals surface area contributed by atoms with Gasteiger partial charge in [0.25, 0.3) is 0 Å². The standard InChI is InChI=1S/C10H9BrN2S/c11-9-3-5-14-10(9)7-13-8-2-1-4-12-6-8/h1-6,13H,7H2. The summed E-state index contributed by atoms with van der Waals surface area (Å²) in [7, 11) is 0. The largest absolute Gasteiger partial charge is 0.379 e. The molecule has 0 bridgehead atoms. The number of aromatic nitrogens is 1. The Morgan fingerprint density at radius 3 is 3.00 bits per heavy atom. The number of hydrogen-bond acceptors (Lipinski definition) is 3. The normalized spacial score (nSPS) is 10.1. The Balaban J connectivity index is 1.99. The van der Waals surface area contributed by atoms with Crippen LogP contribution in [0.1, 0.15) is 4.88 Å². The third-order valence-electron chi connectivity index (χ3n) is 1.81. The van der Waals surface area contributed by atoms with Crippen molar-refractivity contribution < 1.29 is 0 Å². The first-order valence-corrected chi connectivity index (χ1v) is 5.89. The van der Waals surface area contributed by atoms with Crippen LogP contribution in [0.5, 0.6) is 0 Å². The van der Waals surface area contributed by atoms with Gasteiger partial charge in [-0.2, -0.15) is 0 Å². The van der Waals surface area contributed by atoms with Gasteiger partial charge in [0.15, 0.2) is 0 Å². The summed E-state index contributed by atoms with van der Waals surface area (Å²) in [5.74, 6) is 0. The van der Waals surface area contributed by atoms with Crippen molar-refractivity contribution >= 4 is 33.0 Å². The molecule has 4 heteroatoms. The van der Waals surface area contributed by atoms with E-state index in [4.69, 9.17) is 0 Å². The summed E-state index contributed by atoms with van der Waals surface area (Å²) in [6, 6.07) is 5.99. The van der Waals surface area contributed by atoms with Crippen LogP contribution in [-0.4, -0.2) is 4.98 Å². The SMILES string of the molecule is Brc1ccsc1CNc1cccnc1. The average Bonchev–Trinajstić information content (AvgIpc) is 2.63. The molecule has 2 aromatic rings. The zero-order valence-corrected chi connectivity index (χ0v) is 9.81. The monoisotopic (exact) mass is 268 g/mol. The molecule has 0 radical (unpaired) electrons. The minimum Gasteiger partial charge on any atom is -0.379 e. The van der Waals surface area contributed by atoms with Gasteiger partial charge in [-0.25, -0.2) is 0 Å². The topological polar surface area (TPSA) is 24.9 Å². The van der Waals surface area contributed by atoms with Gasteiger partial charge in [0.05, 0.1) is 12.2 Å². The highest BCUT2D eigenvalue weighted by molar-refractivity contribution is 9.10. The average molecular weight is 269 g/mol. The fourth-order valence-electron chi connectivity index (χ4n) is 1.10. The van der Waals surface area contributed by atoms with Gasteiger partial charge in [-0.15, -0.1) is 11.3 Å². The Hall–Kier alpha value is -0.870. The maximum Gasteiger partial charge on any atom is 0.0529 e. The first-order valence-electron chi connectivity index (χ1n) is 4.22. The second-order valence-corrected chi connectivity index (χ2v) is 4.64. The highest BCUT2D eigenvalue weighted by Gasteiger charge is 2.00. The van der Waals surface area contributed by atoms with E-state index in [2.05, 4.69) is 37.7 Å². The number of rotatable bonds is 3. The van der Waals surface area contributed by atoms with Crippen LogP contribution in [0.25, 0.3) is 0 Å². The molecule has 0 spiro atoms. The molecule has 14 heavy (non-hydrogen) atoms. The van der Waals surface area contributed by atoms with Crippen molar-refractivity contribution in [1.82, 2.24) is 4.98 Å². The van der Waals surface area contributed by atoms with E-state index < -0.39 is 0 Å². The minimum absolute atomic E-state index is 0.837. The smallest absolute Gasteiger partial charge is 0.0529 e. The van der Waals surface area contributed by atoms with E-state index in [1.807, 2.05) is 18.3 Å². The maximum atomic E-state index is 4.04. The van der Waals surface area contributed by atoms with E-state index in [0.29, 0.717) is 0 Å². The Labute approximate surface area is 95.1 Å². The molecular weight excluding hydrogens is 260 g/mol. The molecule has 1 N–H and O–H groups in total. The first kappa shape index (κ1) is 9.68. The molecule has 2 nitrogen and oxygen atoms in total. The van der Waals surface area contributed by atoms with E-state index in [1.54, 1.807) is 17.5 Å². The van der Waals surface area contributed by atoms with E-state index in [1.165, 1.54) is 9.35 Å². The highest BCUT2D eigenvalue weighted by atomic mass is 79.9. The molecule has 2 heterocycles. The Bertz CT molecular complexity index is 400. The van der Waals surface area contributed by atoms with Gasteiger partial charge >= 0.3 is 0 Å². The third-order valence-corrected chi connectivity index (χ3v) is 3.73. The highest BCUT2D eigenvalue weighted by Crippen LogP contribution is 2.23. The molecule has 0 aromatic carbocycles. The molecule has 2 rings (SSSR count). The second-order valence-electron chi connectivity index (χ2n) is 2.79. The second kappa shape index (κ2) is 4.57. The molecule has 0 aliphatic heterocycles. The van der Waals surface area contributed by atoms with Gasteiger partial charge in [0.2, 0.25) is 0 Å². The lowest BCUT2D eigenvalue weighted by Crippen LogP contribution is -1.97. The molecule has 0 aliphatic carbocycles. The quantitative estimate of drug-likeness (QED) is 0.922. The summed E-state index contributed by atoms with van der Waals surface area (Å²) in [5, 5.41) is 5.38. The number of halogens is 1. The van der Waals surface area contributed by atoms with E-state index in [0.717, 1.165) is 12.2 Å². The molecule has 72 valence electrons. The van der Waals surface area contributed by atoms with E-state index in [9.17, 15) is 0 Å². The lowest BCUT2D eigenvalue weighted by Gasteiger charge is -2.03. The van der Waals surface area contributed by atoms with Gasteiger partial charge < -0.3 is 5.32 Å². The molecule has 2 aromatic heterocycles. The summed E-state index contributed by atoms with van der Waals surface area (Å²) >= 11 is 5.23. The fourth-order valence-corrected chi connectivity index (χ4v) is 2.53. The van der Waals surface area contributed by atoms with E-state index in [-0.39, 0.29) is 0 Å². The number of nitrogens with zero attached hydrogens (tertiary/aromatic N) is 1. The fraction of sp³-hybridized carbons (Fsp3) is 0.100. The van der Waals surface area contributed by atoms with Crippen LogP contribution in [0.2, 0.25) is 0 Å². The van der Waals surface area contributed by atoms with Gasteiger partial charge in [-0.1, -0.05) is 0 Å². The Morgan fingerprint density at radius 2 is 2.36 bits per heavy atom. The molecule has 0 saturated carbocycles. The molecule has 0 unspecified atom stereocenters. The maximum absolute atomic E-state index is 4.04. The zero-order chi connectivity index (χ0) is 9.80. The van der Waals surface area contributed by atoms with Crippen LogP contribution >= 0.6 is 27.3 Å². The van der Waals surface area contributed by atoms with Gasteiger partial charge in [0.1, 0.15) is 0 Å². The van der Waals surface area contributed by atoms with Crippen LogP contribution < -0.4 is 5.32 Å². The molecule has 0 amide bonds. The summed E-state index contributed by atoms with van der Waals surface area (Å²) < 4.78 is 1.17. The number of hydrogen-bond donors (Lipinski definition) is 1. The van der Waals surface area contributed by atoms with Crippen LogP contribution in [-0.2, 0) is 6.54 Å². The van der Waals surface area contributed by atoms with Crippen molar-refractivity contribution in [2.24, 2.45) is 0 Å². The van der Waals surface area contributed by atoms with Crippen LogP contribution in [0.15, 0.2) is 40.4 Å². The lowest BCUT2D eigenvalue weighted by atomic mass is 10.4. The number of anilines is 1. The van der Waals surface area contributed by atoms with Crippen LogP contribution in [0.3, 0.4) is 0 Å². The van der Waals surface area contributed by atoms with Crippen molar-refractivity contribution in [1.29, 1.82) is 0 Å². The van der Waals surface area contributed by atoms with Crippen molar-refractivity contribution in [2.45, 2.75) is 6.54 Å². The van der Waals surface area contributed by atoms with Gasteiger partial charge in [0, 0.05) is 21.7 Å². The molecular formula is C10H9BrN2S. The van der Waals surface area contributed by atoms with Crippen molar-refractivity contribution in [2.75, 3.05) is 5.32 Å². The first-order chi connectivity index (χ1) is 6.86. The predicted octanol–water partition coefficient (Wildman–Crippen LogP) is 3.52. The van der Waals surface area contributed by atoms with Crippen molar-refractivity contribution in [3.8, 4) is 0 Å². The Kier molecular flexibility index (Phi) is 3.16. The van der Waals surface area contributed by atoms with E-state index >= 15 is 0 Å². The van der Waals surface area contributed by atoms with Gasteiger partial charge in [-0.3, -0.25) is 4.98 Å². The van der Waals surface area contributed by atoms with Gasteiger partial charge in [-0.05, 0) is 39.5 Å². The molecule has 0 fully saturated rings. The van der Waals surface area contributed by atoms with Crippen molar-refractivity contribution in [3.05, 3.63) is 45.3 Å². The predicted molar refractivity (Wildman–Crippen MR) is 63.6 cm³/mol.